The number of carbonyl (C=O) groups excluding carboxylic acids is 2. The van der Waals surface area contributed by atoms with Crippen molar-refractivity contribution in [1.29, 1.82) is 0 Å². The first-order chi connectivity index (χ1) is 23.9. The lowest BCUT2D eigenvalue weighted by atomic mass is 9.98. The number of carboxylic acids is 1. The molecule has 1 atom stereocenters. The maximum Gasteiger partial charge on any atom is 0.354 e. The molecule has 12 nitrogen and oxygen atoms in total. The Labute approximate surface area is 290 Å². The third-order valence-corrected chi connectivity index (χ3v) is 8.67. The average molecular weight is 681 g/mol. The van der Waals surface area contributed by atoms with Gasteiger partial charge >= 0.3 is 5.97 Å². The SMILES string of the molecule is CCCCc1nc(CNC(=O)CCNC(=O)C(CS)Cc2ccccc2)c(C(=O)O)n1Cc1ccc(-c2ccccc2-c2nnn[nH]2)cc1. The minimum Gasteiger partial charge on any atom is -0.477 e. The summed E-state index contributed by atoms with van der Waals surface area (Å²) in [6.07, 6.45) is 2.96. The van der Waals surface area contributed by atoms with Crippen LogP contribution in [0.5, 0.6) is 0 Å². The molecular weight excluding hydrogens is 641 g/mol. The first-order valence-corrected chi connectivity index (χ1v) is 16.9. The number of hydrogen-bond acceptors (Lipinski definition) is 8. The number of nitrogens with one attached hydrogen (secondary N) is 3. The molecule has 2 aromatic heterocycles. The molecule has 0 fully saturated rings. The first-order valence-electron chi connectivity index (χ1n) is 16.3. The highest BCUT2D eigenvalue weighted by atomic mass is 32.1. The summed E-state index contributed by atoms with van der Waals surface area (Å²) in [5.74, 6) is -0.315. The van der Waals surface area contributed by atoms with Gasteiger partial charge in [0.25, 0.3) is 0 Å². The minimum absolute atomic E-state index is 0.0416. The molecule has 0 spiro atoms. The zero-order valence-electron chi connectivity index (χ0n) is 27.3. The number of imidazole rings is 1. The van der Waals surface area contributed by atoms with Crippen LogP contribution < -0.4 is 10.6 Å². The maximum atomic E-state index is 12.7. The van der Waals surface area contributed by atoms with E-state index >= 15 is 0 Å². The summed E-state index contributed by atoms with van der Waals surface area (Å²) in [5, 5.41) is 30.1. The van der Waals surface area contributed by atoms with Crippen LogP contribution in [0.2, 0.25) is 0 Å². The number of carbonyl (C=O) groups is 3. The van der Waals surface area contributed by atoms with Gasteiger partial charge in [0.05, 0.1) is 18.2 Å². The summed E-state index contributed by atoms with van der Waals surface area (Å²) in [6.45, 7) is 2.48. The number of aryl methyl sites for hydroxylation is 1. The second-order valence-corrected chi connectivity index (χ2v) is 12.1. The van der Waals surface area contributed by atoms with Gasteiger partial charge in [0.1, 0.15) is 5.82 Å². The summed E-state index contributed by atoms with van der Waals surface area (Å²) < 4.78 is 1.73. The molecule has 13 heteroatoms. The van der Waals surface area contributed by atoms with Crippen molar-refractivity contribution < 1.29 is 19.5 Å². The van der Waals surface area contributed by atoms with E-state index in [4.69, 9.17) is 4.98 Å². The number of aromatic carboxylic acids is 1. The molecule has 254 valence electrons. The Kier molecular flexibility index (Phi) is 12.3. The normalized spacial score (nSPS) is 11.6. The third kappa shape index (κ3) is 9.20. The predicted octanol–water partition coefficient (Wildman–Crippen LogP) is 4.73. The molecular formula is C36H40N8O4S. The first kappa shape index (κ1) is 35.0. The molecule has 0 aliphatic heterocycles. The number of carboxylic acid groups (broad SMARTS) is 1. The number of tetrazole rings is 1. The van der Waals surface area contributed by atoms with Gasteiger partial charge in [-0.3, -0.25) is 9.59 Å². The number of H-pyrrole nitrogens is 1. The van der Waals surface area contributed by atoms with E-state index < -0.39 is 5.97 Å². The number of thiol groups is 1. The summed E-state index contributed by atoms with van der Waals surface area (Å²) >= 11 is 4.34. The van der Waals surface area contributed by atoms with E-state index in [0.29, 0.717) is 42.5 Å². The Morgan fingerprint density at radius 3 is 2.35 bits per heavy atom. The second-order valence-electron chi connectivity index (χ2n) is 11.7. The van der Waals surface area contributed by atoms with E-state index in [2.05, 4.69) is 50.8 Å². The van der Waals surface area contributed by atoms with Crippen molar-refractivity contribution in [2.45, 2.75) is 52.1 Å². The highest BCUT2D eigenvalue weighted by Gasteiger charge is 2.23. The van der Waals surface area contributed by atoms with Gasteiger partial charge in [-0.05, 0) is 45.5 Å². The second kappa shape index (κ2) is 17.2. The number of hydrogen-bond donors (Lipinski definition) is 5. The van der Waals surface area contributed by atoms with Crippen molar-refractivity contribution in [3.05, 3.63) is 107 Å². The van der Waals surface area contributed by atoms with Crippen molar-refractivity contribution in [2.75, 3.05) is 12.3 Å². The van der Waals surface area contributed by atoms with Crippen LogP contribution in [0.4, 0.5) is 0 Å². The molecule has 0 aliphatic carbocycles. The third-order valence-electron chi connectivity index (χ3n) is 8.23. The van der Waals surface area contributed by atoms with Crippen LogP contribution in [0, 0.1) is 5.92 Å². The van der Waals surface area contributed by atoms with Crippen LogP contribution in [0.15, 0.2) is 78.9 Å². The number of aromatic nitrogens is 6. The van der Waals surface area contributed by atoms with Gasteiger partial charge in [-0.2, -0.15) is 12.6 Å². The van der Waals surface area contributed by atoms with Crippen molar-refractivity contribution in [1.82, 2.24) is 40.8 Å². The molecule has 5 aromatic rings. The van der Waals surface area contributed by atoms with Crippen LogP contribution in [0.1, 0.15) is 59.3 Å². The summed E-state index contributed by atoms with van der Waals surface area (Å²) in [7, 11) is 0. The molecule has 5 rings (SSSR count). The van der Waals surface area contributed by atoms with E-state index in [1.165, 1.54) is 0 Å². The number of unbranched alkanes of at least 4 members (excludes halogenated alkanes) is 1. The van der Waals surface area contributed by atoms with Gasteiger partial charge in [-0.25, -0.2) is 14.9 Å². The molecule has 1 unspecified atom stereocenters. The standard InChI is InChI=1S/C36H40N8O4S/c1-2-3-13-31-39-30(21-38-32(45)18-19-37-35(46)27(23-49)20-24-9-5-4-6-10-24)33(36(47)48)44(31)22-25-14-16-26(17-15-25)28-11-7-8-12-29(28)34-40-42-43-41-34/h4-12,14-17,27,49H,2-3,13,18-23H2,1H3,(H,37,46)(H,38,45)(H,47,48)(H,40,41,42,43). The Morgan fingerprint density at radius 1 is 0.939 bits per heavy atom. The lowest BCUT2D eigenvalue weighted by Crippen LogP contribution is -2.36. The van der Waals surface area contributed by atoms with E-state index in [-0.39, 0.29) is 42.9 Å². The molecule has 4 N–H and O–H groups in total. The number of rotatable bonds is 17. The van der Waals surface area contributed by atoms with Crippen LogP contribution in [0.25, 0.3) is 22.5 Å². The fourth-order valence-electron chi connectivity index (χ4n) is 5.65. The van der Waals surface area contributed by atoms with Crippen molar-refractivity contribution in [2.24, 2.45) is 5.92 Å². The Bertz CT molecular complexity index is 1840. The van der Waals surface area contributed by atoms with Crippen LogP contribution in [-0.4, -0.2) is 65.4 Å². The Morgan fingerprint density at radius 2 is 1.67 bits per heavy atom. The quantitative estimate of drug-likeness (QED) is 0.0879. The number of aromatic amines is 1. The fraction of sp³-hybridized carbons (Fsp3) is 0.306. The van der Waals surface area contributed by atoms with Gasteiger partial charge in [-0.1, -0.05) is 92.2 Å². The minimum atomic E-state index is -1.12. The van der Waals surface area contributed by atoms with E-state index in [9.17, 15) is 19.5 Å². The largest absolute Gasteiger partial charge is 0.477 e. The van der Waals surface area contributed by atoms with E-state index in [0.717, 1.165) is 40.7 Å². The lowest BCUT2D eigenvalue weighted by molar-refractivity contribution is -0.124. The zero-order valence-corrected chi connectivity index (χ0v) is 28.2. The van der Waals surface area contributed by atoms with Gasteiger partial charge in [-0.15, -0.1) is 5.10 Å². The summed E-state index contributed by atoms with van der Waals surface area (Å²) in [6, 6.07) is 25.4. The molecule has 3 aromatic carbocycles. The molecule has 0 saturated carbocycles. The highest BCUT2D eigenvalue weighted by molar-refractivity contribution is 7.80. The molecule has 0 saturated heterocycles. The van der Waals surface area contributed by atoms with Crippen LogP contribution in [0.3, 0.4) is 0 Å². The Balaban J connectivity index is 1.24. The van der Waals surface area contributed by atoms with Crippen molar-refractivity contribution in [3.8, 4) is 22.5 Å². The molecule has 0 aliphatic rings. The average Bonchev–Trinajstić information content (AvgIpc) is 3.78. The number of benzene rings is 3. The summed E-state index contributed by atoms with van der Waals surface area (Å²) in [4.78, 5) is 42.7. The van der Waals surface area contributed by atoms with Gasteiger partial charge in [0.2, 0.25) is 11.8 Å². The van der Waals surface area contributed by atoms with Crippen molar-refractivity contribution in [3.63, 3.8) is 0 Å². The molecule has 49 heavy (non-hydrogen) atoms. The maximum absolute atomic E-state index is 12.7. The van der Waals surface area contributed by atoms with Gasteiger partial charge in [0, 0.05) is 37.2 Å². The lowest BCUT2D eigenvalue weighted by Gasteiger charge is -2.14. The van der Waals surface area contributed by atoms with Crippen LogP contribution >= 0.6 is 12.6 Å². The Hall–Kier alpha value is -5.30. The van der Waals surface area contributed by atoms with Crippen molar-refractivity contribution >= 4 is 30.4 Å². The highest BCUT2D eigenvalue weighted by Crippen LogP contribution is 2.30. The number of nitrogens with zero attached hydrogens (tertiary/aromatic N) is 5. The molecule has 2 heterocycles. The summed E-state index contributed by atoms with van der Waals surface area (Å²) in [5.41, 5.74) is 5.06. The van der Waals surface area contributed by atoms with Crippen LogP contribution in [-0.2, 0) is 35.5 Å². The van der Waals surface area contributed by atoms with Gasteiger partial charge in [0.15, 0.2) is 11.5 Å². The monoisotopic (exact) mass is 680 g/mol. The molecule has 2 amide bonds. The topological polar surface area (TPSA) is 168 Å². The number of amides is 2. The smallest absolute Gasteiger partial charge is 0.354 e. The molecule has 0 radical (unpaired) electrons. The predicted molar refractivity (Wildman–Crippen MR) is 189 cm³/mol. The van der Waals surface area contributed by atoms with Gasteiger partial charge < -0.3 is 20.3 Å². The van der Waals surface area contributed by atoms with E-state index in [1.807, 2.05) is 78.9 Å². The van der Waals surface area contributed by atoms with E-state index in [1.54, 1.807) is 4.57 Å². The molecule has 0 bridgehead atoms. The fourth-order valence-corrected chi connectivity index (χ4v) is 5.95. The zero-order chi connectivity index (χ0) is 34.6.